The second kappa shape index (κ2) is 7.37. The Hall–Kier alpha value is -1.92. The molecule has 0 aromatic carbocycles. The Bertz CT molecular complexity index is 839. The van der Waals surface area contributed by atoms with E-state index in [1.807, 2.05) is 24.1 Å². The summed E-state index contributed by atoms with van der Waals surface area (Å²) in [5.41, 5.74) is 1.04. The minimum Gasteiger partial charge on any atom is -0.337 e. The van der Waals surface area contributed by atoms with Gasteiger partial charge in [0.1, 0.15) is 5.56 Å². The molecule has 1 amide bonds. The van der Waals surface area contributed by atoms with Gasteiger partial charge in [0.05, 0.1) is 0 Å². The molecule has 0 unspecified atom stereocenters. The summed E-state index contributed by atoms with van der Waals surface area (Å²) in [4.78, 5) is 31.6. The Morgan fingerprint density at radius 3 is 2.77 bits per heavy atom. The van der Waals surface area contributed by atoms with Gasteiger partial charge in [0.15, 0.2) is 0 Å². The molecule has 1 aliphatic heterocycles. The number of carbonyl (C=O) groups excluding carboxylic acids is 1. The van der Waals surface area contributed by atoms with Gasteiger partial charge in [0.2, 0.25) is 0 Å². The minimum absolute atomic E-state index is 0.0968. The molecule has 1 saturated heterocycles. The molecule has 5 nitrogen and oxygen atoms in total. The molecule has 0 atom stereocenters. The fourth-order valence-electron chi connectivity index (χ4n) is 3.65. The number of carbonyl (C=O) groups is 1. The third-order valence-corrected chi connectivity index (χ3v) is 6.18. The van der Waals surface area contributed by atoms with Crippen molar-refractivity contribution in [1.82, 2.24) is 14.4 Å². The molecule has 26 heavy (non-hydrogen) atoms. The summed E-state index contributed by atoms with van der Waals surface area (Å²) >= 11 is 1.78. The van der Waals surface area contributed by atoms with Gasteiger partial charge >= 0.3 is 0 Å². The molecule has 138 valence electrons. The first-order valence-electron chi connectivity index (χ1n) is 9.39. The van der Waals surface area contributed by atoms with Gasteiger partial charge in [-0.25, -0.2) is 0 Å². The number of nitrogens with zero attached hydrogens (tertiary/aromatic N) is 3. The van der Waals surface area contributed by atoms with Crippen LogP contribution in [-0.2, 0) is 6.54 Å². The summed E-state index contributed by atoms with van der Waals surface area (Å²) < 4.78 is 1.75. The van der Waals surface area contributed by atoms with Crippen molar-refractivity contribution < 1.29 is 4.79 Å². The van der Waals surface area contributed by atoms with Crippen molar-refractivity contribution in [2.24, 2.45) is 0 Å². The fourth-order valence-corrected chi connectivity index (χ4v) is 4.40. The maximum absolute atomic E-state index is 13.1. The van der Waals surface area contributed by atoms with Gasteiger partial charge in [-0.2, -0.15) is 0 Å². The highest BCUT2D eigenvalue weighted by molar-refractivity contribution is 7.09. The first kappa shape index (κ1) is 17.5. The molecule has 4 rings (SSSR count). The Kier molecular flexibility index (Phi) is 4.96. The normalized spacial score (nSPS) is 18.7. The van der Waals surface area contributed by atoms with Crippen molar-refractivity contribution in [2.75, 3.05) is 26.2 Å². The van der Waals surface area contributed by atoms with Gasteiger partial charge in [-0.15, -0.1) is 11.3 Å². The average molecular weight is 372 g/mol. The molecule has 0 bridgehead atoms. The summed E-state index contributed by atoms with van der Waals surface area (Å²) in [6.07, 6.45) is 4.87. The zero-order chi connectivity index (χ0) is 18.1. The minimum atomic E-state index is -0.114. The smallest absolute Gasteiger partial charge is 0.263 e. The summed E-state index contributed by atoms with van der Waals surface area (Å²) in [5.74, 6) is -0.0968. The summed E-state index contributed by atoms with van der Waals surface area (Å²) in [7, 11) is 0. The van der Waals surface area contributed by atoms with E-state index in [2.05, 4.69) is 22.4 Å². The van der Waals surface area contributed by atoms with Crippen LogP contribution in [0.25, 0.3) is 0 Å². The number of hydrogen-bond donors (Lipinski definition) is 0. The van der Waals surface area contributed by atoms with Crippen molar-refractivity contribution >= 4 is 17.2 Å². The molecular weight excluding hydrogens is 346 g/mol. The van der Waals surface area contributed by atoms with E-state index in [1.165, 1.54) is 4.88 Å². The predicted molar refractivity (Wildman–Crippen MR) is 104 cm³/mol. The second-order valence-electron chi connectivity index (χ2n) is 7.32. The second-order valence-corrected chi connectivity index (χ2v) is 8.35. The Labute approximate surface area is 157 Å². The van der Waals surface area contributed by atoms with Crippen molar-refractivity contribution in [2.45, 2.75) is 38.8 Å². The van der Waals surface area contributed by atoms with E-state index in [0.717, 1.165) is 51.0 Å². The van der Waals surface area contributed by atoms with Gasteiger partial charge in [0, 0.05) is 49.8 Å². The molecular formula is C20H25N3O2S. The number of pyridine rings is 1. The number of amides is 1. The van der Waals surface area contributed by atoms with Crippen LogP contribution in [0.1, 0.15) is 46.1 Å². The third kappa shape index (κ3) is 3.62. The van der Waals surface area contributed by atoms with E-state index in [-0.39, 0.29) is 11.5 Å². The van der Waals surface area contributed by atoms with Gasteiger partial charge < -0.3 is 9.47 Å². The third-order valence-electron chi connectivity index (χ3n) is 5.32. The number of aryl methyl sites for hydroxylation is 1. The van der Waals surface area contributed by atoms with Crippen LogP contribution in [0.5, 0.6) is 0 Å². The lowest BCUT2D eigenvalue weighted by atomic mass is 10.1. The molecule has 2 fully saturated rings. The maximum atomic E-state index is 13.1. The summed E-state index contributed by atoms with van der Waals surface area (Å²) in [5, 5.41) is 2.10. The maximum Gasteiger partial charge on any atom is 0.263 e. The SMILES string of the molecule is Cc1ccn(C2CC2)c(=O)c1C(=O)N1CCCN(Cc2cccs2)CC1. The molecule has 0 radical (unpaired) electrons. The topological polar surface area (TPSA) is 45.6 Å². The zero-order valence-corrected chi connectivity index (χ0v) is 16.0. The van der Waals surface area contributed by atoms with Gasteiger partial charge in [-0.3, -0.25) is 14.5 Å². The van der Waals surface area contributed by atoms with Crippen molar-refractivity contribution in [3.05, 3.63) is 56.1 Å². The van der Waals surface area contributed by atoms with Crippen LogP contribution >= 0.6 is 11.3 Å². The summed E-state index contributed by atoms with van der Waals surface area (Å²) in [6.45, 7) is 6.05. The Morgan fingerprint density at radius 1 is 1.19 bits per heavy atom. The van der Waals surface area contributed by atoms with Crippen LogP contribution in [0.4, 0.5) is 0 Å². The Morgan fingerprint density at radius 2 is 2.04 bits per heavy atom. The van der Waals surface area contributed by atoms with E-state index >= 15 is 0 Å². The molecule has 6 heteroatoms. The summed E-state index contributed by atoms with van der Waals surface area (Å²) in [6, 6.07) is 6.44. The lowest BCUT2D eigenvalue weighted by Crippen LogP contribution is -2.39. The first-order chi connectivity index (χ1) is 12.6. The highest BCUT2D eigenvalue weighted by Gasteiger charge is 2.29. The highest BCUT2D eigenvalue weighted by Crippen LogP contribution is 2.33. The molecule has 0 N–H and O–H groups in total. The number of hydrogen-bond acceptors (Lipinski definition) is 4. The lowest BCUT2D eigenvalue weighted by molar-refractivity contribution is 0.0758. The lowest BCUT2D eigenvalue weighted by Gasteiger charge is -2.22. The van der Waals surface area contributed by atoms with E-state index in [1.54, 1.807) is 15.9 Å². The Balaban J connectivity index is 1.48. The molecule has 1 saturated carbocycles. The standard InChI is InChI=1S/C20H25N3O2S/c1-15-7-10-23(16-5-6-16)20(25)18(15)19(24)22-9-3-8-21(11-12-22)14-17-4-2-13-26-17/h2,4,7,10,13,16H,3,5-6,8-9,11-12,14H2,1H3. The number of rotatable bonds is 4. The van der Waals surface area contributed by atoms with Crippen molar-refractivity contribution in [1.29, 1.82) is 0 Å². The molecule has 2 aromatic heterocycles. The quantitative estimate of drug-likeness (QED) is 0.830. The monoisotopic (exact) mass is 371 g/mol. The van der Waals surface area contributed by atoms with Crippen molar-refractivity contribution in [3.8, 4) is 0 Å². The highest BCUT2D eigenvalue weighted by atomic mass is 32.1. The zero-order valence-electron chi connectivity index (χ0n) is 15.2. The van der Waals surface area contributed by atoms with E-state index < -0.39 is 0 Å². The van der Waals surface area contributed by atoms with Crippen molar-refractivity contribution in [3.63, 3.8) is 0 Å². The van der Waals surface area contributed by atoms with Gasteiger partial charge in [-0.1, -0.05) is 6.07 Å². The molecule has 2 aliphatic rings. The van der Waals surface area contributed by atoms with Gasteiger partial charge in [0.25, 0.3) is 11.5 Å². The molecule has 2 aromatic rings. The molecule has 3 heterocycles. The van der Waals surface area contributed by atoms with Crippen LogP contribution < -0.4 is 5.56 Å². The van der Waals surface area contributed by atoms with Crippen LogP contribution in [0, 0.1) is 6.92 Å². The van der Waals surface area contributed by atoms with Gasteiger partial charge in [-0.05, 0) is 49.3 Å². The van der Waals surface area contributed by atoms with Crippen LogP contribution in [-0.4, -0.2) is 46.5 Å². The van der Waals surface area contributed by atoms with Crippen LogP contribution in [0.2, 0.25) is 0 Å². The first-order valence-corrected chi connectivity index (χ1v) is 10.3. The van der Waals surface area contributed by atoms with E-state index in [0.29, 0.717) is 18.2 Å². The number of thiophene rings is 1. The van der Waals surface area contributed by atoms with Crippen LogP contribution in [0.15, 0.2) is 34.6 Å². The number of aromatic nitrogens is 1. The molecule has 0 spiro atoms. The van der Waals surface area contributed by atoms with E-state index in [9.17, 15) is 9.59 Å². The largest absolute Gasteiger partial charge is 0.337 e. The van der Waals surface area contributed by atoms with E-state index in [4.69, 9.17) is 0 Å². The average Bonchev–Trinajstić information content (AvgIpc) is 3.37. The van der Waals surface area contributed by atoms with Crippen LogP contribution in [0.3, 0.4) is 0 Å². The predicted octanol–water partition coefficient (Wildman–Crippen LogP) is 2.90. The molecule has 1 aliphatic carbocycles. The fraction of sp³-hybridized carbons (Fsp3) is 0.500.